The molecule has 1 spiro atoms. The van der Waals surface area contributed by atoms with Crippen LogP contribution in [0.4, 0.5) is 5.69 Å². The Morgan fingerprint density at radius 2 is 1.71 bits per heavy atom. The van der Waals surface area contributed by atoms with E-state index in [2.05, 4.69) is 5.32 Å². The summed E-state index contributed by atoms with van der Waals surface area (Å²) in [4.78, 5) is 10.2. The molecule has 2 aliphatic heterocycles. The van der Waals surface area contributed by atoms with E-state index in [1.54, 1.807) is 0 Å². The number of non-ortho nitro benzene ring substituents is 1. The number of nitro groups is 1. The molecule has 21 heavy (non-hydrogen) atoms. The van der Waals surface area contributed by atoms with Crippen LogP contribution in [0, 0.1) is 15.5 Å². The summed E-state index contributed by atoms with van der Waals surface area (Å²) in [5.41, 5.74) is 0.0198. The predicted octanol–water partition coefficient (Wildman–Crippen LogP) is 0.969. The molecule has 0 unspecified atom stereocenters. The second-order valence-electron chi connectivity index (χ2n) is 5.77. The van der Waals surface area contributed by atoms with Gasteiger partial charge < -0.3 is 5.32 Å². The number of hydrogen-bond acceptors (Lipinski definition) is 5. The Kier molecular flexibility index (Phi) is 3.46. The fourth-order valence-electron chi connectivity index (χ4n) is 3.03. The standard InChI is InChI=1S/C13H17N3O4S/c17-16(18)11-1-3-12(4-2-11)21(19,20)15-9-13(10-15)5-7-14-8-6-13/h1-4,14H,5-10H2. The van der Waals surface area contributed by atoms with E-state index in [9.17, 15) is 18.5 Å². The number of sulfonamides is 1. The van der Waals surface area contributed by atoms with E-state index >= 15 is 0 Å². The van der Waals surface area contributed by atoms with Gasteiger partial charge in [-0.2, -0.15) is 4.31 Å². The van der Waals surface area contributed by atoms with Crippen molar-refractivity contribution in [3.05, 3.63) is 34.4 Å². The summed E-state index contributed by atoms with van der Waals surface area (Å²) >= 11 is 0. The Morgan fingerprint density at radius 1 is 1.14 bits per heavy atom. The third kappa shape index (κ3) is 2.54. The monoisotopic (exact) mass is 311 g/mol. The van der Waals surface area contributed by atoms with E-state index in [4.69, 9.17) is 0 Å². The van der Waals surface area contributed by atoms with Gasteiger partial charge in [0.05, 0.1) is 9.82 Å². The molecule has 0 atom stereocenters. The minimum atomic E-state index is -3.53. The smallest absolute Gasteiger partial charge is 0.269 e. The molecule has 0 bridgehead atoms. The van der Waals surface area contributed by atoms with Gasteiger partial charge in [-0.25, -0.2) is 8.42 Å². The molecule has 2 heterocycles. The van der Waals surface area contributed by atoms with E-state index in [1.165, 1.54) is 28.6 Å². The second-order valence-corrected chi connectivity index (χ2v) is 7.71. The van der Waals surface area contributed by atoms with Crippen molar-refractivity contribution >= 4 is 15.7 Å². The van der Waals surface area contributed by atoms with Crippen LogP contribution >= 0.6 is 0 Å². The van der Waals surface area contributed by atoms with Crippen molar-refractivity contribution in [1.29, 1.82) is 0 Å². The largest absolute Gasteiger partial charge is 0.317 e. The molecule has 0 amide bonds. The lowest BCUT2D eigenvalue weighted by molar-refractivity contribution is -0.384. The Hall–Kier alpha value is -1.51. The first-order chi connectivity index (χ1) is 9.93. The molecule has 8 heteroatoms. The number of piperidine rings is 1. The molecule has 1 N–H and O–H groups in total. The van der Waals surface area contributed by atoms with Gasteiger partial charge in [0.2, 0.25) is 10.0 Å². The first kappa shape index (κ1) is 14.4. The molecule has 2 saturated heterocycles. The van der Waals surface area contributed by atoms with Crippen LogP contribution in [0.15, 0.2) is 29.2 Å². The molecule has 1 aromatic carbocycles. The molecule has 2 aliphatic rings. The third-order valence-electron chi connectivity index (χ3n) is 4.37. The maximum absolute atomic E-state index is 12.5. The molecule has 7 nitrogen and oxygen atoms in total. The van der Waals surface area contributed by atoms with Crippen molar-refractivity contribution in [2.45, 2.75) is 17.7 Å². The minimum Gasteiger partial charge on any atom is -0.317 e. The first-order valence-electron chi connectivity index (χ1n) is 6.88. The summed E-state index contributed by atoms with van der Waals surface area (Å²) in [6, 6.07) is 5.07. The minimum absolute atomic E-state index is 0.104. The molecular formula is C13H17N3O4S. The lowest BCUT2D eigenvalue weighted by Gasteiger charge is -2.51. The molecule has 2 fully saturated rings. The van der Waals surface area contributed by atoms with Crippen molar-refractivity contribution in [2.75, 3.05) is 26.2 Å². The second kappa shape index (κ2) is 5.04. The number of hydrogen-bond donors (Lipinski definition) is 1. The SMILES string of the molecule is O=[N+]([O-])c1ccc(S(=O)(=O)N2CC3(CCNCC3)C2)cc1. The molecule has 0 saturated carbocycles. The van der Waals surface area contributed by atoms with Crippen LogP contribution < -0.4 is 5.32 Å². The van der Waals surface area contributed by atoms with Gasteiger partial charge in [-0.3, -0.25) is 10.1 Å². The van der Waals surface area contributed by atoms with Crippen molar-refractivity contribution in [3.63, 3.8) is 0 Å². The Bertz CT molecular complexity index is 642. The van der Waals surface area contributed by atoms with Gasteiger partial charge in [0.15, 0.2) is 0 Å². The number of nitrogens with zero attached hydrogens (tertiary/aromatic N) is 2. The highest BCUT2D eigenvalue weighted by Crippen LogP contribution is 2.41. The Balaban J connectivity index is 1.74. The zero-order valence-electron chi connectivity index (χ0n) is 11.5. The van der Waals surface area contributed by atoms with Crippen LogP contribution in [0.5, 0.6) is 0 Å². The fraction of sp³-hybridized carbons (Fsp3) is 0.538. The summed E-state index contributed by atoms with van der Waals surface area (Å²) in [5.74, 6) is 0. The van der Waals surface area contributed by atoms with Crippen molar-refractivity contribution in [2.24, 2.45) is 5.41 Å². The molecule has 1 aromatic rings. The molecule has 0 radical (unpaired) electrons. The highest BCUT2D eigenvalue weighted by Gasteiger charge is 2.48. The number of rotatable bonds is 3. The highest BCUT2D eigenvalue weighted by molar-refractivity contribution is 7.89. The zero-order chi connectivity index (χ0) is 15.1. The molecular weight excluding hydrogens is 294 g/mol. The van der Waals surface area contributed by atoms with Crippen molar-refractivity contribution in [1.82, 2.24) is 9.62 Å². The molecule has 114 valence electrons. The normalized spacial score (nSPS) is 21.9. The van der Waals surface area contributed by atoms with Crippen LogP contribution in [0.3, 0.4) is 0 Å². The summed E-state index contributed by atoms with van der Waals surface area (Å²) in [6.07, 6.45) is 2.00. The maximum Gasteiger partial charge on any atom is 0.269 e. The van der Waals surface area contributed by atoms with Gasteiger partial charge in [0.1, 0.15) is 0 Å². The van der Waals surface area contributed by atoms with Crippen LogP contribution in [0.25, 0.3) is 0 Å². The van der Waals surface area contributed by atoms with E-state index in [0.29, 0.717) is 13.1 Å². The van der Waals surface area contributed by atoms with Gasteiger partial charge in [0.25, 0.3) is 5.69 Å². The summed E-state index contributed by atoms with van der Waals surface area (Å²) in [5, 5.41) is 13.9. The maximum atomic E-state index is 12.5. The van der Waals surface area contributed by atoms with Crippen LogP contribution in [0.1, 0.15) is 12.8 Å². The lowest BCUT2D eigenvalue weighted by atomic mass is 9.74. The average molecular weight is 311 g/mol. The van der Waals surface area contributed by atoms with Gasteiger partial charge in [-0.1, -0.05) is 0 Å². The van der Waals surface area contributed by atoms with E-state index in [1.807, 2.05) is 0 Å². The third-order valence-corrected chi connectivity index (χ3v) is 6.18. The average Bonchev–Trinajstić information content (AvgIpc) is 2.45. The quantitative estimate of drug-likeness (QED) is 0.663. The van der Waals surface area contributed by atoms with E-state index in [-0.39, 0.29) is 16.0 Å². The van der Waals surface area contributed by atoms with Gasteiger partial charge in [0, 0.05) is 30.6 Å². The van der Waals surface area contributed by atoms with Crippen LogP contribution in [-0.4, -0.2) is 43.8 Å². The molecule has 3 rings (SSSR count). The van der Waals surface area contributed by atoms with Gasteiger partial charge >= 0.3 is 0 Å². The Morgan fingerprint density at radius 3 is 2.24 bits per heavy atom. The molecule has 0 aromatic heterocycles. The van der Waals surface area contributed by atoms with Crippen LogP contribution in [0.2, 0.25) is 0 Å². The topological polar surface area (TPSA) is 92.5 Å². The van der Waals surface area contributed by atoms with E-state index in [0.717, 1.165) is 25.9 Å². The Labute approximate surface area is 123 Å². The van der Waals surface area contributed by atoms with Crippen molar-refractivity contribution in [3.8, 4) is 0 Å². The van der Waals surface area contributed by atoms with E-state index < -0.39 is 14.9 Å². The number of nitrogens with one attached hydrogen (secondary N) is 1. The molecule has 0 aliphatic carbocycles. The highest BCUT2D eigenvalue weighted by atomic mass is 32.2. The van der Waals surface area contributed by atoms with Crippen molar-refractivity contribution < 1.29 is 13.3 Å². The zero-order valence-corrected chi connectivity index (χ0v) is 12.3. The number of nitro benzene ring substituents is 1. The first-order valence-corrected chi connectivity index (χ1v) is 8.32. The van der Waals surface area contributed by atoms with Crippen LogP contribution in [-0.2, 0) is 10.0 Å². The van der Waals surface area contributed by atoms with Gasteiger partial charge in [-0.15, -0.1) is 0 Å². The fourth-order valence-corrected chi connectivity index (χ4v) is 4.70. The summed E-state index contributed by atoms with van der Waals surface area (Å²) in [6.45, 7) is 2.97. The number of benzene rings is 1. The lowest BCUT2D eigenvalue weighted by Crippen LogP contribution is -2.61. The predicted molar refractivity (Wildman–Crippen MR) is 76.4 cm³/mol. The summed E-state index contributed by atoms with van der Waals surface area (Å²) < 4.78 is 26.4. The summed E-state index contributed by atoms with van der Waals surface area (Å²) in [7, 11) is -3.53. The van der Waals surface area contributed by atoms with Gasteiger partial charge in [-0.05, 0) is 38.1 Å².